The quantitative estimate of drug-likeness (QED) is 0.788. The fourth-order valence-corrected chi connectivity index (χ4v) is 4.30. The third kappa shape index (κ3) is 1.72. The maximum Gasteiger partial charge on any atom is 0.173 e. The van der Waals surface area contributed by atoms with E-state index in [-0.39, 0.29) is 29.8 Å². The topological polar surface area (TPSA) is 48.4 Å². The zero-order chi connectivity index (χ0) is 14.7. The summed E-state index contributed by atoms with van der Waals surface area (Å²) in [5, 5.41) is 0.435. The first-order valence-electron chi connectivity index (χ1n) is 7.22. The molecule has 2 saturated heterocycles. The molecule has 0 spiro atoms. The Morgan fingerprint density at radius 1 is 1.33 bits per heavy atom. The summed E-state index contributed by atoms with van der Waals surface area (Å²) in [6, 6.07) is 1.78. The van der Waals surface area contributed by atoms with Crippen LogP contribution in [0.15, 0.2) is 18.0 Å². The number of carbonyl (C=O) groups excluding carboxylic acids is 1. The molecule has 0 amide bonds. The van der Waals surface area contributed by atoms with Crippen LogP contribution < -0.4 is 0 Å². The fraction of sp³-hybridized carbons (Fsp3) is 0.500. The van der Waals surface area contributed by atoms with Crippen molar-refractivity contribution in [1.82, 2.24) is 4.98 Å². The van der Waals surface area contributed by atoms with Crippen LogP contribution in [0, 0.1) is 18.8 Å². The summed E-state index contributed by atoms with van der Waals surface area (Å²) in [5.74, 6) is 0.899. The molecule has 2 aliphatic heterocycles. The van der Waals surface area contributed by atoms with Gasteiger partial charge in [0.25, 0.3) is 0 Å². The Labute approximate surface area is 128 Å². The van der Waals surface area contributed by atoms with Gasteiger partial charge in [-0.3, -0.25) is 4.79 Å². The molecule has 4 rings (SSSR count). The lowest BCUT2D eigenvalue weighted by Gasteiger charge is -2.21. The molecule has 1 aromatic rings. The zero-order valence-corrected chi connectivity index (χ0v) is 12.7. The van der Waals surface area contributed by atoms with E-state index >= 15 is 0 Å². The third-order valence-electron chi connectivity index (χ3n) is 4.94. The minimum absolute atomic E-state index is 0.0516. The van der Waals surface area contributed by atoms with Crippen LogP contribution in [0.25, 0.3) is 5.57 Å². The molecule has 2 fully saturated rings. The van der Waals surface area contributed by atoms with E-state index in [0.717, 1.165) is 29.7 Å². The van der Waals surface area contributed by atoms with Crippen LogP contribution in [0.4, 0.5) is 0 Å². The predicted molar refractivity (Wildman–Crippen MR) is 77.8 cm³/mol. The number of ether oxygens (including phenoxy) is 2. The number of carbonyl (C=O) groups is 1. The molecule has 3 aliphatic rings. The van der Waals surface area contributed by atoms with E-state index in [1.54, 1.807) is 19.4 Å². The number of ketones is 1. The van der Waals surface area contributed by atoms with Gasteiger partial charge >= 0.3 is 0 Å². The van der Waals surface area contributed by atoms with Gasteiger partial charge in [-0.2, -0.15) is 0 Å². The minimum atomic E-state index is -0.0798. The number of pyridine rings is 1. The molecule has 4 atom stereocenters. The Morgan fingerprint density at radius 3 is 2.71 bits per heavy atom. The molecule has 0 N–H and O–H groups in total. The Hall–Kier alpha value is -1.39. The Morgan fingerprint density at radius 2 is 2.05 bits per heavy atom. The predicted octanol–water partition coefficient (Wildman–Crippen LogP) is 2.78. The molecule has 5 heteroatoms. The van der Waals surface area contributed by atoms with Gasteiger partial charge in [0.2, 0.25) is 0 Å². The molecule has 21 heavy (non-hydrogen) atoms. The Bertz CT molecular complexity index is 669. The number of aromatic nitrogens is 1. The zero-order valence-electron chi connectivity index (χ0n) is 11.9. The van der Waals surface area contributed by atoms with E-state index in [0.29, 0.717) is 10.7 Å². The second kappa shape index (κ2) is 4.55. The van der Waals surface area contributed by atoms with Crippen molar-refractivity contribution in [2.75, 3.05) is 7.11 Å². The van der Waals surface area contributed by atoms with Crippen LogP contribution in [-0.2, 0) is 14.3 Å². The average Bonchev–Trinajstić information content (AvgIpc) is 3.11. The van der Waals surface area contributed by atoms with Gasteiger partial charge in [0.1, 0.15) is 10.9 Å². The number of Topliss-reactive ketones (excluding diaryl/α,β-unsaturated/α-hetero) is 1. The van der Waals surface area contributed by atoms with E-state index in [2.05, 4.69) is 4.98 Å². The Balaban J connectivity index is 1.86. The number of fused-ring (bicyclic) bond motifs is 5. The normalized spacial score (nSPS) is 33.8. The van der Waals surface area contributed by atoms with Crippen molar-refractivity contribution in [2.45, 2.75) is 32.0 Å². The highest BCUT2D eigenvalue weighted by Crippen LogP contribution is 2.54. The third-order valence-corrected chi connectivity index (χ3v) is 5.14. The van der Waals surface area contributed by atoms with Crippen LogP contribution in [0.3, 0.4) is 0 Å². The van der Waals surface area contributed by atoms with E-state index in [9.17, 15) is 4.79 Å². The SMILES string of the molecule is COC1=C(c2cnc(Cl)cc2C)C(=O)[C@@H]2C3CCC(O3)[C@H]12. The highest BCUT2D eigenvalue weighted by atomic mass is 35.5. The van der Waals surface area contributed by atoms with Crippen molar-refractivity contribution < 1.29 is 14.3 Å². The second-order valence-corrected chi connectivity index (χ2v) is 6.36. The van der Waals surface area contributed by atoms with Crippen LogP contribution in [0.5, 0.6) is 0 Å². The molecule has 0 aromatic carbocycles. The van der Waals surface area contributed by atoms with E-state index in [1.165, 1.54) is 0 Å². The lowest BCUT2D eigenvalue weighted by Crippen LogP contribution is -2.29. The van der Waals surface area contributed by atoms with E-state index in [1.807, 2.05) is 6.92 Å². The van der Waals surface area contributed by atoms with E-state index < -0.39 is 0 Å². The van der Waals surface area contributed by atoms with Gasteiger partial charge < -0.3 is 9.47 Å². The number of aryl methyl sites for hydroxylation is 1. The number of hydrogen-bond donors (Lipinski definition) is 0. The maximum atomic E-state index is 12.9. The fourth-order valence-electron chi connectivity index (χ4n) is 4.09. The molecule has 2 unspecified atom stereocenters. The van der Waals surface area contributed by atoms with Crippen molar-refractivity contribution in [1.29, 1.82) is 0 Å². The number of hydrogen-bond acceptors (Lipinski definition) is 4. The molecule has 1 aliphatic carbocycles. The van der Waals surface area contributed by atoms with Crippen molar-refractivity contribution in [3.63, 3.8) is 0 Å². The first-order valence-corrected chi connectivity index (χ1v) is 7.60. The lowest BCUT2D eigenvalue weighted by atomic mass is 9.80. The van der Waals surface area contributed by atoms with Crippen LogP contribution in [0.2, 0.25) is 5.15 Å². The van der Waals surface area contributed by atoms with Gasteiger partial charge in [-0.15, -0.1) is 0 Å². The molecule has 110 valence electrons. The van der Waals surface area contributed by atoms with Gasteiger partial charge in [0, 0.05) is 11.8 Å². The Kier molecular flexibility index (Phi) is 2.88. The van der Waals surface area contributed by atoms with Crippen molar-refractivity contribution in [3.05, 3.63) is 34.3 Å². The van der Waals surface area contributed by atoms with Crippen LogP contribution >= 0.6 is 11.6 Å². The van der Waals surface area contributed by atoms with Gasteiger partial charge in [-0.1, -0.05) is 11.6 Å². The number of nitrogens with zero attached hydrogens (tertiary/aromatic N) is 1. The van der Waals surface area contributed by atoms with E-state index in [4.69, 9.17) is 21.1 Å². The maximum absolute atomic E-state index is 12.9. The minimum Gasteiger partial charge on any atom is -0.500 e. The average molecular weight is 306 g/mol. The summed E-state index contributed by atoms with van der Waals surface area (Å²) in [6.07, 6.45) is 3.83. The summed E-state index contributed by atoms with van der Waals surface area (Å²) >= 11 is 5.92. The van der Waals surface area contributed by atoms with Crippen molar-refractivity contribution >= 4 is 23.0 Å². The highest BCUT2D eigenvalue weighted by molar-refractivity contribution is 6.30. The molecule has 3 heterocycles. The summed E-state index contributed by atoms with van der Waals surface area (Å²) in [4.78, 5) is 17.0. The summed E-state index contributed by atoms with van der Waals surface area (Å²) in [5.41, 5.74) is 2.45. The summed E-state index contributed by atoms with van der Waals surface area (Å²) in [6.45, 7) is 1.94. The molecule has 0 saturated carbocycles. The van der Waals surface area contributed by atoms with Crippen molar-refractivity contribution in [3.8, 4) is 0 Å². The molecule has 4 nitrogen and oxygen atoms in total. The van der Waals surface area contributed by atoms with Crippen molar-refractivity contribution in [2.24, 2.45) is 11.8 Å². The molecule has 1 aromatic heterocycles. The van der Waals surface area contributed by atoms with Crippen LogP contribution in [-0.4, -0.2) is 30.1 Å². The number of methoxy groups -OCH3 is 1. The van der Waals surface area contributed by atoms with Gasteiger partial charge in [0.15, 0.2) is 5.78 Å². The van der Waals surface area contributed by atoms with Gasteiger partial charge in [0.05, 0.1) is 36.7 Å². The van der Waals surface area contributed by atoms with Crippen LogP contribution in [0.1, 0.15) is 24.0 Å². The summed E-state index contributed by atoms with van der Waals surface area (Å²) in [7, 11) is 1.63. The highest BCUT2D eigenvalue weighted by Gasteiger charge is 2.59. The molecular weight excluding hydrogens is 290 g/mol. The molecule has 0 radical (unpaired) electrons. The second-order valence-electron chi connectivity index (χ2n) is 5.97. The standard InChI is InChI=1S/C16H16ClNO3/c1-7-5-11(17)18-6-8(7)12-15(19)13-9-3-4-10(21-9)14(13)16(12)20-2/h5-6,9-10,13-14H,3-4H2,1-2H3/t9?,10?,13-,14+/m1/s1. The number of halogens is 1. The molecular formula is C16H16ClNO3. The smallest absolute Gasteiger partial charge is 0.173 e. The first-order chi connectivity index (χ1) is 10.1. The summed E-state index contributed by atoms with van der Waals surface area (Å²) < 4.78 is 11.5. The number of allylic oxidation sites excluding steroid dienone is 1. The largest absolute Gasteiger partial charge is 0.500 e. The van der Waals surface area contributed by atoms with Gasteiger partial charge in [-0.05, 0) is 31.4 Å². The molecule has 2 bridgehead atoms. The monoisotopic (exact) mass is 305 g/mol. The number of rotatable bonds is 2. The first kappa shape index (κ1) is 13.3. The lowest BCUT2D eigenvalue weighted by molar-refractivity contribution is -0.118. The van der Waals surface area contributed by atoms with Gasteiger partial charge in [-0.25, -0.2) is 4.98 Å².